The lowest BCUT2D eigenvalue weighted by Gasteiger charge is -2.21. The topological polar surface area (TPSA) is 58.1 Å². The van der Waals surface area contributed by atoms with Gasteiger partial charge in [-0.05, 0) is 39.7 Å². The van der Waals surface area contributed by atoms with E-state index in [0.717, 1.165) is 25.9 Å². The van der Waals surface area contributed by atoms with E-state index in [-0.39, 0.29) is 11.4 Å². The van der Waals surface area contributed by atoms with Gasteiger partial charge in [-0.2, -0.15) is 0 Å². The molecule has 2 heterocycles. The van der Waals surface area contributed by atoms with Gasteiger partial charge in [0.25, 0.3) is 5.91 Å². The van der Waals surface area contributed by atoms with Gasteiger partial charge in [0.2, 0.25) is 5.95 Å². The Labute approximate surface area is 108 Å². The molecule has 1 aromatic heterocycles. The second-order valence-electron chi connectivity index (χ2n) is 5.64. The maximum absolute atomic E-state index is 12.2. The zero-order chi connectivity index (χ0) is 13.2. The Morgan fingerprint density at radius 1 is 1.33 bits per heavy atom. The minimum absolute atomic E-state index is 0.00635. The molecular formula is C13H20N4O. The Bertz CT molecular complexity index is 433. The second kappa shape index (κ2) is 4.92. The maximum Gasteiger partial charge on any atom is 0.272 e. The van der Waals surface area contributed by atoms with Crippen molar-refractivity contribution in [1.82, 2.24) is 14.9 Å². The van der Waals surface area contributed by atoms with Crippen LogP contribution in [0.25, 0.3) is 0 Å². The largest absolute Gasteiger partial charge is 0.350 e. The fourth-order valence-electron chi connectivity index (χ4n) is 1.96. The zero-order valence-corrected chi connectivity index (χ0v) is 11.2. The number of hydrogen-bond acceptors (Lipinski definition) is 4. The third-order valence-corrected chi connectivity index (χ3v) is 2.75. The Morgan fingerprint density at radius 2 is 2.00 bits per heavy atom. The highest BCUT2D eigenvalue weighted by Gasteiger charge is 2.21. The molecule has 0 spiro atoms. The fourth-order valence-corrected chi connectivity index (χ4v) is 1.96. The molecule has 1 aliphatic heterocycles. The van der Waals surface area contributed by atoms with Crippen LogP contribution < -0.4 is 5.32 Å². The minimum atomic E-state index is -0.116. The van der Waals surface area contributed by atoms with E-state index in [1.165, 1.54) is 0 Å². The first-order valence-electron chi connectivity index (χ1n) is 6.36. The van der Waals surface area contributed by atoms with Gasteiger partial charge < -0.3 is 10.2 Å². The molecule has 18 heavy (non-hydrogen) atoms. The number of likely N-dealkylation sites (tertiary alicyclic amines) is 1. The summed E-state index contributed by atoms with van der Waals surface area (Å²) in [5.41, 5.74) is 0.355. The van der Waals surface area contributed by atoms with Crippen molar-refractivity contribution in [2.75, 3.05) is 18.4 Å². The van der Waals surface area contributed by atoms with Gasteiger partial charge in [0.1, 0.15) is 5.69 Å². The highest BCUT2D eigenvalue weighted by molar-refractivity contribution is 5.92. The summed E-state index contributed by atoms with van der Waals surface area (Å²) in [6, 6.07) is 1.68. The molecule has 0 atom stereocenters. The number of rotatable bonds is 2. The molecule has 0 unspecified atom stereocenters. The highest BCUT2D eigenvalue weighted by atomic mass is 16.2. The number of aromatic nitrogens is 2. The summed E-state index contributed by atoms with van der Waals surface area (Å²) in [6.07, 6.45) is 3.80. The first kappa shape index (κ1) is 12.8. The van der Waals surface area contributed by atoms with E-state index in [2.05, 4.69) is 15.3 Å². The van der Waals surface area contributed by atoms with E-state index in [9.17, 15) is 4.79 Å². The summed E-state index contributed by atoms with van der Waals surface area (Å²) >= 11 is 0. The van der Waals surface area contributed by atoms with Gasteiger partial charge in [0.15, 0.2) is 0 Å². The molecule has 0 radical (unpaired) electrons. The lowest BCUT2D eigenvalue weighted by Crippen LogP contribution is -2.30. The van der Waals surface area contributed by atoms with Crippen molar-refractivity contribution in [2.24, 2.45) is 0 Å². The van der Waals surface area contributed by atoms with Gasteiger partial charge >= 0.3 is 0 Å². The summed E-state index contributed by atoms with van der Waals surface area (Å²) in [7, 11) is 0. The van der Waals surface area contributed by atoms with Crippen molar-refractivity contribution >= 4 is 11.9 Å². The summed E-state index contributed by atoms with van der Waals surface area (Å²) < 4.78 is 0. The van der Waals surface area contributed by atoms with E-state index in [1.807, 2.05) is 25.7 Å². The lowest BCUT2D eigenvalue weighted by molar-refractivity contribution is 0.0787. The maximum atomic E-state index is 12.2. The fraction of sp³-hybridized carbons (Fsp3) is 0.615. The predicted molar refractivity (Wildman–Crippen MR) is 70.5 cm³/mol. The summed E-state index contributed by atoms with van der Waals surface area (Å²) in [5, 5.41) is 3.17. The number of nitrogens with one attached hydrogen (secondary N) is 1. The average Bonchev–Trinajstić information content (AvgIpc) is 2.79. The molecule has 1 N–H and O–H groups in total. The van der Waals surface area contributed by atoms with Crippen molar-refractivity contribution in [1.29, 1.82) is 0 Å². The van der Waals surface area contributed by atoms with E-state index in [0.29, 0.717) is 11.6 Å². The zero-order valence-electron chi connectivity index (χ0n) is 11.2. The molecule has 5 heteroatoms. The third kappa shape index (κ3) is 3.18. The van der Waals surface area contributed by atoms with Gasteiger partial charge in [-0.15, -0.1) is 0 Å². The molecule has 0 bridgehead atoms. The van der Waals surface area contributed by atoms with Gasteiger partial charge in [0, 0.05) is 24.8 Å². The summed E-state index contributed by atoms with van der Waals surface area (Å²) in [4.78, 5) is 22.5. The van der Waals surface area contributed by atoms with Crippen molar-refractivity contribution in [2.45, 2.75) is 39.2 Å². The Morgan fingerprint density at radius 3 is 2.61 bits per heavy atom. The molecule has 1 aromatic rings. The molecular weight excluding hydrogens is 228 g/mol. The Kier molecular flexibility index (Phi) is 3.50. The highest BCUT2D eigenvalue weighted by Crippen LogP contribution is 2.13. The van der Waals surface area contributed by atoms with Crippen molar-refractivity contribution < 1.29 is 4.79 Å². The number of carbonyl (C=O) groups excluding carboxylic acids is 1. The molecule has 1 saturated heterocycles. The quantitative estimate of drug-likeness (QED) is 0.868. The monoisotopic (exact) mass is 248 g/mol. The van der Waals surface area contributed by atoms with Crippen LogP contribution in [0.5, 0.6) is 0 Å². The summed E-state index contributed by atoms with van der Waals surface area (Å²) in [6.45, 7) is 7.78. The summed E-state index contributed by atoms with van der Waals surface area (Å²) in [5.74, 6) is 0.513. The number of anilines is 1. The van der Waals surface area contributed by atoms with Crippen LogP contribution >= 0.6 is 0 Å². The van der Waals surface area contributed by atoms with Crippen LogP contribution in [0.4, 0.5) is 5.95 Å². The van der Waals surface area contributed by atoms with Crippen LogP contribution in [-0.4, -0.2) is 39.4 Å². The molecule has 0 aliphatic carbocycles. The van der Waals surface area contributed by atoms with Crippen LogP contribution in [0.2, 0.25) is 0 Å². The standard InChI is InChI=1S/C13H20N4O/c1-13(2,3)16-12-14-7-6-10(15-12)11(18)17-8-4-5-9-17/h6-7H,4-5,8-9H2,1-3H3,(H,14,15,16). The number of amides is 1. The molecule has 1 amide bonds. The molecule has 1 aliphatic rings. The van der Waals surface area contributed by atoms with Crippen molar-refractivity contribution in [3.63, 3.8) is 0 Å². The third-order valence-electron chi connectivity index (χ3n) is 2.75. The Hall–Kier alpha value is -1.65. The number of nitrogens with zero attached hydrogens (tertiary/aromatic N) is 3. The molecule has 2 rings (SSSR count). The minimum Gasteiger partial charge on any atom is -0.350 e. The average molecular weight is 248 g/mol. The lowest BCUT2D eigenvalue weighted by atomic mass is 10.1. The van der Waals surface area contributed by atoms with Crippen LogP contribution in [0.1, 0.15) is 44.1 Å². The van der Waals surface area contributed by atoms with Gasteiger partial charge in [-0.1, -0.05) is 0 Å². The molecule has 0 aromatic carbocycles. The molecule has 0 saturated carbocycles. The van der Waals surface area contributed by atoms with Crippen molar-refractivity contribution in [3.8, 4) is 0 Å². The predicted octanol–water partition coefficient (Wildman–Crippen LogP) is 1.92. The first-order chi connectivity index (χ1) is 8.46. The molecule has 98 valence electrons. The normalized spacial score (nSPS) is 15.8. The second-order valence-corrected chi connectivity index (χ2v) is 5.64. The van der Waals surface area contributed by atoms with Gasteiger partial charge in [-0.3, -0.25) is 4.79 Å². The van der Waals surface area contributed by atoms with Gasteiger partial charge in [0.05, 0.1) is 0 Å². The molecule has 5 nitrogen and oxygen atoms in total. The van der Waals surface area contributed by atoms with E-state index in [4.69, 9.17) is 0 Å². The first-order valence-corrected chi connectivity index (χ1v) is 6.36. The Balaban J connectivity index is 2.13. The van der Waals surface area contributed by atoms with Gasteiger partial charge in [-0.25, -0.2) is 9.97 Å². The van der Waals surface area contributed by atoms with Crippen LogP contribution in [0.3, 0.4) is 0 Å². The molecule has 1 fully saturated rings. The van der Waals surface area contributed by atoms with Crippen LogP contribution in [0, 0.1) is 0 Å². The van der Waals surface area contributed by atoms with E-state index >= 15 is 0 Å². The number of carbonyl (C=O) groups is 1. The van der Waals surface area contributed by atoms with Crippen molar-refractivity contribution in [3.05, 3.63) is 18.0 Å². The van der Waals surface area contributed by atoms with E-state index < -0.39 is 0 Å². The smallest absolute Gasteiger partial charge is 0.272 e. The van der Waals surface area contributed by atoms with E-state index in [1.54, 1.807) is 12.3 Å². The van der Waals surface area contributed by atoms with Crippen LogP contribution in [-0.2, 0) is 0 Å². The SMILES string of the molecule is CC(C)(C)Nc1nccc(C(=O)N2CCCC2)n1. The van der Waals surface area contributed by atoms with Crippen LogP contribution in [0.15, 0.2) is 12.3 Å². The number of hydrogen-bond donors (Lipinski definition) is 1.